The molecule has 82 valence electrons. The Morgan fingerprint density at radius 3 is 2.81 bits per heavy atom. The van der Waals surface area contributed by atoms with Crippen LogP contribution in [0.25, 0.3) is 11.3 Å². The van der Waals surface area contributed by atoms with Crippen molar-refractivity contribution in [3.05, 3.63) is 42.2 Å². The van der Waals surface area contributed by atoms with Gasteiger partial charge in [0.25, 0.3) is 0 Å². The van der Waals surface area contributed by atoms with E-state index < -0.39 is 0 Å². The summed E-state index contributed by atoms with van der Waals surface area (Å²) < 4.78 is 0. The number of nitrogens with one attached hydrogen (secondary N) is 1. The molecule has 0 aliphatic heterocycles. The van der Waals surface area contributed by atoms with Gasteiger partial charge in [-0.25, -0.2) is 9.97 Å². The van der Waals surface area contributed by atoms with E-state index in [9.17, 15) is 0 Å². The number of aromatic nitrogens is 2. The number of hydrogen-bond acceptors (Lipinski definition) is 3. The topological polar surface area (TPSA) is 37.8 Å². The zero-order valence-electron chi connectivity index (χ0n) is 9.57. The molecule has 0 spiro atoms. The lowest BCUT2D eigenvalue weighted by Gasteiger charge is -2.04. The minimum atomic E-state index is 0.840. The van der Waals surface area contributed by atoms with Gasteiger partial charge in [-0.05, 0) is 18.1 Å². The van der Waals surface area contributed by atoms with Gasteiger partial charge in [-0.2, -0.15) is 0 Å². The molecule has 0 radical (unpaired) electrons. The highest BCUT2D eigenvalue weighted by molar-refractivity contribution is 5.62. The summed E-state index contributed by atoms with van der Waals surface area (Å²) >= 11 is 0. The van der Waals surface area contributed by atoms with Crippen molar-refractivity contribution in [2.45, 2.75) is 13.3 Å². The number of anilines is 1. The van der Waals surface area contributed by atoms with Gasteiger partial charge in [0.2, 0.25) is 0 Å². The Kier molecular flexibility index (Phi) is 3.15. The van der Waals surface area contributed by atoms with Crippen LogP contribution in [0.4, 0.5) is 5.82 Å². The van der Waals surface area contributed by atoms with Crippen molar-refractivity contribution in [2.24, 2.45) is 0 Å². The number of aryl methyl sites for hydroxylation is 1. The average molecular weight is 213 g/mol. The van der Waals surface area contributed by atoms with Crippen LogP contribution in [-0.2, 0) is 6.42 Å². The van der Waals surface area contributed by atoms with Gasteiger partial charge in [-0.3, -0.25) is 0 Å². The summed E-state index contributed by atoms with van der Waals surface area (Å²) in [5.41, 5.74) is 3.41. The van der Waals surface area contributed by atoms with Gasteiger partial charge in [-0.1, -0.05) is 25.1 Å². The van der Waals surface area contributed by atoms with Crippen LogP contribution in [0.5, 0.6) is 0 Å². The second-order valence-electron chi connectivity index (χ2n) is 3.59. The third kappa shape index (κ3) is 2.19. The Morgan fingerprint density at radius 2 is 2.06 bits per heavy atom. The van der Waals surface area contributed by atoms with Gasteiger partial charge < -0.3 is 5.32 Å². The first-order valence-corrected chi connectivity index (χ1v) is 5.42. The third-order valence-electron chi connectivity index (χ3n) is 2.55. The summed E-state index contributed by atoms with van der Waals surface area (Å²) in [6, 6.07) is 10.4. The second kappa shape index (κ2) is 4.75. The van der Waals surface area contributed by atoms with Crippen LogP contribution in [0.1, 0.15) is 12.5 Å². The van der Waals surface area contributed by atoms with Gasteiger partial charge in [0, 0.05) is 18.7 Å². The second-order valence-corrected chi connectivity index (χ2v) is 3.59. The van der Waals surface area contributed by atoms with Crippen LogP contribution in [0, 0.1) is 0 Å². The van der Waals surface area contributed by atoms with Gasteiger partial charge in [-0.15, -0.1) is 0 Å². The molecule has 3 heteroatoms. The van der Waals surface area contributed by atoms with Gasteiger partial charge >= 0.3 is 0 Å². The maximum absolute atomic E-state index is 4.28. The molecule has 0 atom stereocenters. The molecular weight excluding hydrogens is 198 g/mol. The normalized spacial score (nSPS) is 10.1. The molecule has 16 heavy (non-hydrogen) atoms. The van der Waals surface area contributed by atoms with Crippen molar-refractivity contribution in [1.82, 2.24) is 9.97 Å². The molecule has 1 heterocycles. The van der Waals surface area contributed by atoms with E-state index in [4.69, 9.17) is 0 Å². The molecule has 0 amide bonds. The fraction of sp³-hybridized carbons (Fsp3) is 0.231. The molecule has 0 saturated carbocycles. The first-order chi connectivity index (χ1) is 7.83. The molecule has 1 aromatic heterocycles. The van der Waals surface area contributed by atoms with Crippen molar-refractivity contribution in [3.63, 3.8) is 0 Å². The van der Waals surface area contributed by atoms with E-state index in [0.29, 0.717) is 0 Å². The van der Waals surface area contributed by atoms with Crippen LogP contribution in [-0.4, -0.2) is 17.0 Å². The Morgan fingerprint density at radius 1 is 1.19 bits per heavy atom. The van der Waals surface area contributed by atoms with Crippen LogP contribution >= 0.6 is 0 Å². The van der Waals surface area contributed by atoms with E-state index in [2.05, 4.69) is 46.5 Å². The highest BCUT2D eigenvalue weighted by Crippen LogP contribution is 2.19. The quantitative estimate of drug-likeness (QED) is 0.851. The summed E-state index contributed by atoms with van der Waals surface area (Å²) in [6.45, 7) is 2.15. The number of benzene rings is 1. The van der Waals surface area contributed by atoms with Crippen molar-refractivity contribution in [1.29, 1.82) is 0 Å². The number of nitrogens with zero attached hydrogens (tertiary/aromatic N) is 2. The van der Waals surface area contributed by atoms with Crippen LogP contribution in [0.2, 0.25) is 0 Å². The fourth-order valence-corrected chi connectivity index (χ4v) is 1.60. The highest BCUT2D eigenvalue weighted by Gasteiger charge is 2.01. The van der Waals surface area contributed by atoms with Crippen LogP contribution in [0.15, 0.2) is 36.7 Å². The summed E-state index contributed by atoms with van der Waals surface area (Å²) in [5, 5.41) is 3.01. The predicted molar refractivity (Wildman–Crippen MR) is 66.4 cm³/mol. The van der Waals surface area contributed by atoms with Crippen molar-refractivity contribution in [2.75, 3.05) is 12.4 Å². The SMILES string of the molecule is CCc1cccc(-c2cc(NC)ncn2)c1. The lowest BCUT2D eigenvalue weighted by Crippen LogP contribution is -1.94. The van der Waals surface area contributed by atoms with Crippen LogP contribution in [0.3, 0.4) is 0 Å². The van der Waals surface area contributed by atoms with Gasteiger partial charge in [0.1, 0.15) is 12.1 Å². The molecule has 0 fully saturated rings. The molecule has 1 aromatic carbocycles. The first kappa shape index (κ1) is 10.6. The molecule has 3 nitrogen and oxygen atoms in total. The molecule has 1 N–H and O–H groups in total. The molecule has 0 aliphatic rings. The van der Waals surface area contributed by atoms with E-state index in [1.54, 1.807) is 6.33 Å². The van der Waals surface area contributed by atoms with Crippen molar-refractivity contribution >= 4 is 5.82 Å². The van der Waals surface area contributed by atoms with Gasteiger partial charge in [0.15, 0.2) is 0 Å². The lowest BCUT2D eigenvalue weighted by atomic mass is 10.1. The molecule has 0 saturated heterocycles. The summed E-state index contributed by atoms with van der Waals surface area (Å²) in [4.78, 5) is 8.39. The Balaban J connectivity index is 2.41. The van der Waals surface area contributed by atoms with E-state index in [-0.39, 0.29) is 0 Å². The number of rotatable bonds is 3. The summed E-state index contributed by atoms with van der Waals surface area (Å²) in [7, 11) is 1.86. The number of hydrogen-bond donors (Lipinski definition) is 1. The standard InChI is InChI=1S/C13H15N3/c1-3-10-5-4-6-11(7-10)12-8-13(14-2)16-9-15-12/h4-9H,3H2,1-2H3,(H,14,15,16). The molecular formula is C13H15N3. The third-order valence-corrected chi connectivity index (χ3v) is 2.55. The molecule has 0 bridgehead atoms. The van der Waals surface area contributed by atoms with Crippen LogP contribution < -0.4 is 5.32 Å². The predicted octanol–water partition coefficient (Wildman–Crippen LogP) is 2.75. The molecule has 2 aromatic rings. The van der Waals surface area contributed by atoms with Crippen molar-refractivity contribution < 1.29 is 0 Å². The Hall–Kier alpha value is -1.90. The van der Waals surface area contributed by atoms with Gasteiger partial charge in [0.05, 0.1) is 5.69 Å². The zero-order chi connectivity index (χ0) is 11.4. The van der Waals surface area contributed by atoms with E-state index in [1.807, 2.05) is 13.1 Å². The maximum Gasteiger partial charge on any atom is 0.129 e. The smallest absolute Gasteiger partial charge is 0.129 e. The molecule has 0 aliphatic carbocycles. The monoisotopic (exact) mass is 213 g/mol. The zero-order valence-corrected chi connectivity index (χ0v) is 9.57. The Labute approximate surface area is 95.6 Å². The highest BCUT2D eigenvalue weighted by atomic mass is 15.0. The lowest BCUT2D eigenvalue weighted by molar-refractivity contribution is 1.13. The summed E-state index contributed by atoms with van der Waals surface area (Å²) in [6.07, 6.45) is 2.62. The van der Waals surface area contributed by atoms with Crippen molar-refractivity contribution in [3.8, 4) is 11.3 Å². The average Bonchev–Trinajstić information content (AvgIpc) is 2.39. The largest absolute Gasteiger partial charge is 0.373 e. The maximum atomic E-state index is 4.28. The molecule has 2 rings (SSSR count). The minimum Gasteiger partial charge on any atom is -0.373 e. The minimum absolute atomic E-state index is 0.840. The van der Waals surface area contributed by atoms with E-state index >= 15 is 0 Å². The fourth-order valence-electron chi connectivity index (χ4n) is 1.60. The Bertz CT molecular complexity index is 435. The van der Waals surface area contributed by atoms with E-state index in [0.717, 1.165) is 23.5 Å². The summed E-state index contributed by atoms with van der Waals surface area (Å²) in [5.74, 6) is 0.840. The molecule has 0 unspecified atom stereocenters. The van der Waals surface area contributed by atoms with E-state index in [1.165, 1.54) is 5.56 Å². The first-order valence-electron chi connectivity index (χ1n) is 5.42.